The van der Waals surface area contributed by atoms with Crippen LogP contribution in [0.25, 0.3) is 10.9 Å². The van der Waals surface area contributed by atoms with E-state index in [2.05, 4.69) is 34.6 Å². The fraction of sp³-hybridized carbons (Fsp3) is 0.312. The number of hydrogen-bond donors (Lipinski definition) is 2. The van der Waals surface area contributed by atoms with Gasteiger partial charge in [-0.25, -0.2) is 0 Å². The quantitative estimate of drug-likeness (QED) is 0.0898. The third-order valence-corrected chi connectivity index (χ3v) is 11.0. The lowest BCUT2D eigenvalue weighted by molar-refractivity contribution is -0.138. The van der Waals surface area contributed by atoms with Crippen LogP contribution in [0.3, 0.4) is 0 Å². The summed E-state index contributed by atoms with van der Waals surface area (Å²) in [6.07, 6.45) is -6.42. The molecule has 0 unspecified atom stereocenters. The molecule has 13 heteroatoms. The van der Waals surface area contributed by atoms with E-state index in [1.807, 2.05) is 24.3 Å². The van der Waals surface area contributed by atoms with Crippen molar-refractivity contribution in [2.75, 3.05) is 13.1 Å². The Hall–Kier alpha value is -5.56. The zero-order chi connectivity index (χ0) is 43.4. The van der Waals surface area contributed by atoms with Gasteiger partial charge >= 0.3 is 18.5 Å². The molecule has 8 rings (SSSR count). The van der Waals surface area contributed by atoms with Gasteiger partial charge < -0.3 is 15.2 Å². The second kappa shape index (κ2) is 18.2. The lowest BCUT2D eigenvalue weighted by Crippen LogP contribution is -2.33. The molecule has 61 heavy (non-hydrogen) atoms. The first-order chi connectivity index (χ1) is 29.0. The van der Waals surface area contributed by atoms with Crippen LogP contribution < -0.4 is 5.32 Å². The van der Waals surface area contributed by atoms with Crippen molar-refractivity contribution >= 4 is 16.8 Å². The predicted molar refractivity (Wildman–Crippen MR) is 217 cm³/mol. The van der Waals surface area contributed by atoms with Crippen molar-refractivity contribution in [1.82, 2.24) is 15.2 Å². The first-order valence-electron chi connectivity index (χ1n) is 20.2. The molecule has 1 heterocycles. The molecule has 2 aliphatic rings. The van der Waals surface area contributed by atoms with Gasteiger partial charge in [0.05, 0.1) is 27.8 Å². The van der Waals surface area contributed by atoms with Gasteiger partial charge in [-0.2, -0.15) is 39.5 Å². The van der Waals surface area contributed by atoms with Crippen LogP contribution in [0, 0.1) is 0 Å². The largest absolute Gasteiger partial charge is 0.416 e. The van der Waals surface area contributed by atoms with Gasteiger partial charge in [0, 0.05) is 31.2 Å². The fourth-order valence-electron chi connectivity index (χ4n) is 7.32. The van der Waals surface area contributed by atoms with Crippen LogP contribution in [0.4, 0.5) is 39.5 Å². The fourth-order valence-corrected chi connectivity index (χ4v) is 7.32. The number of hydrogen-bond acceptors (Lipinski definition) is 2. The maximum Gasteiger partial charge on any atom is 0.416 e. The molecule has 2 fully saturated rings. The van der Waals surface area contributed by atoms with Crippen LogP contribution >= 0.6 is 0 Å². The average molecular weight is 850 g/mol. The Kier molecular flexibility index (Phi) is 13.0. The maximum atomic E-state index is 13.7. The number of rotatable bonds is 13. The smallest absolute Gasteiger partial charge is 0.361 e. The van der Waals surface area contributed by atoms with Crippen LogP contribution in [0.15, 0.2) is 121 Å². The number of nitrogens with zero attached hydrogens (tertiary/aromatic N) is 1. The van der Waals surface area contributed by atoms with Gasteiger partial charge in [-0.05, 0) is 121 Å². The van der Waals surface area contributed by atoms with E-state index < -0.39 is 41.1 Å². The number of halogens is 9. The van der Waals surface area contributed by atoms with Crippen LogP contribution in [-0.4, -0.2) is 28.9 Å². The van der Waals surface area contributed by atoms with Crippen LogP contribution in [0.1, 0.15) is 97.9 Å². The molecule has 0 spiro atoms. The summed E-state index contributed by atoms with van der Waals surface area (Å²) in [7, 11) is 0. The van der Waals surface area contributed by atoms with Gasteiger partial charge in [0.1, 0.15) is 0 Å². The minimum absolute atomic E-state index is 0.0168. The first-order valence-corrected chi connectivity index (χ1v) is 20.2. The maximum absolute atomic E-state index is 13.7. The predicted octanol–water partition coefficient (Wildman–Crippen LogP) is 12.9. The van der Waals surface area contributed by atoms with Gasteiger partial charge in [0.25, 0.3) is 5.91 Å². The van der Waals surface area contributed by atoms with Crippen molar-refractivity contribution < 1.29 is 44.3 Å². The van der Waals surface area contributed by atoms with Gasteiger partial charge in [-0.1, -0.05) is 84.9 Å². The molecular weight excluding hydrogens is 806 g/mol. The number of nitrogens with one attached hydrogen (secondary N) is 2. The topological polar surface area (TPSA) is 48.1 Å². The van der Waals surface area contributed by atoms with Crippen molar-refractivity contribution in [3.63, 3.8) is 0 Å². The van der Waals surface area contributed by atoms with Crippen molar-refractivity contribution in [2.45, 2.75) is 82.0 Å². The number of carbonyl (C=O) groups is 1. The molecule has 0 radical (unpaired) electrons. The molecule has 1 amide bonds. The Morgan fingerprint density at radius 1 is 0.590 bits per heavy atom. The molecule has 320 valence electrons. The molecule has 0 bridgehead atoms. The van der Waals surface area contributed by atoms with Gasteiger partial charge in [-0.3, -0.25) is 4.79 Å². The Labute approximate surface area is 347 Å². The molecule has 2 saturated carbocycles. The van der Waals surface area contributed by atoms with E-state index in [1.165, 1.54) is 71.0 Å². The number of amides is 1. The number of fused-ring (bicyclic) bond motifs is 1. The molecule has 2 N–H and O–H groups in total. The summed E-state index contributed by atoms with van der Waals surface area (Å²) in [4.78, 5) is 18.0. The van der Waals surface area contributed by atoms with E-state index >= 15 is 0 Å². The van der Waals surface area contributed by atoms with E-state index in [1.54, 1.807) is 6.07 Å². The Morgan fingerprint density at radius 2 is 1.11 bits per heavy atom. The van der Waals surface area contributed by atoms with Crippen molar-refractivity contribution in [3.05, 3.63) is 177 Å². The lowest BCUT2D eigenvalue weighted by Gasteiger charge is -2.24. The minimum Gasteiger partial charge on any atom is -0.361 e. The summed E-state index contributed by atoms with van der Waals surface area (Å²) in [6.45, 7) is 1.51. The Balaban J connectivity index is 0.000000208. The molecule has 0 saturated heterocycles. The molecule has 4 nitrogen and oxygen atoms in total. The number of alkyl halides is 9. The highest BCUT2D eigenvalue weighted by Crippen LogP contribution is 2.41. The van der Waals surface area contributed by atoms with Gasteiger partial charge in [-0.15, -0.1) is 0 Å². The summed E-state index contributed by atoms with van der Waals surface area (Å²) >= 11 is 0. The Bertz CT molecular complexity index is 2410. The van der Waals surface area contributed by atoms with Crippen molar-refractivity contribution in [3.8, 4) is 0 Å². The molecule has 0 atom stereocenters. The zero-order valence-corrected chi connectivity index (χ0v) is 33.0. The lowest BCUT2D eigenvalue weighted by atomic mass is 10.0. The number of carbonyl (C=O) groups excluding carboxylic acids is 1. The number of aromatic amines is 1. The van der Waals surface area contributed by atoms with Gasteiger partial charge in [0.2, 0.25) is 0 Å². The summed E-state index contributed by atoms with van der Waals surface area (Å²) in [5, 5.41) is 3.54. The SMILES string of the molecule is FC(F)(F)c1cccc(CCNCc2ccc(C3CC3)cc2)c1.O=C(c1cc(C(F)(F)F)cc2cc[nH]c12)N(CCc1cccc(C(F)(F)F)c1)Cc1ccc(C2CC2)cc1. The number of benzene rings is 5. The summed E-state index contributed by atoms with van der Waals surface area (Å²) in [5.74, 6) is 0.661. The average Bonchev–Trinajstić information content (AvgIpc) is 4.18. The second-order valence-electron chi connectivity index (χ2n) is 15.8. The molecule has 6 aromatic rings. The van der Waals surface area contributed by atoms with Crippen molar-refractivity contribution in [1.29, 1.82) is 0 Å². The summed E-state index contributed by atoms with van der Waals surface area (Å²) in [5.41, 5.74) is 3.49. The summed E-state index contributed by atoms with van der Waals surface area (Å²) in [6, 6.07) is 30.0. The van der Waals surface area contributed by atoms with Crippen LogP contribution in [0.2, 0.25) is 0 Å². The molecular formula is C48H44F9N3O. The Morgan fingerprint density at radius 3 is 1.64 bits per heavy atom. The van der Waals surface area contributed by atoms with E-state index in [0.29, 0.717) is 30.0 Å². The highest BCUT2D eigenvalue weighted by Gasteiger charge is 2.34. The highest BCUT2D eigenvalue weighted by atomic mass is 19.4. The standard InChI is InChI=1S/C29H24F6N2O.C19H20F3N/c30-28(31,32)23-3-1-2-18(14-23)11-13-37(17-19-4-6-20(7-5-19)21-8-9-21)27(38)25-16-24(29(33,34)35)15-22-10-12-36-26(22)25;20-19(21,22)18-3-1-2-14(12-18)10-11-23-13-15-4-6-16(7-5-15)17-8-9-17/h1-7,10,12,14-16,21,36H,8-9,11,13,17H2;1-7,12,17,23H,8-11,13H2. The normalized spacial score (nSPS) is 14.4. The third kappa shape index (κ3) is 11.8. The highest BCUT2D eigenvalue weighted by molar-refractivity contribution is 6.06. The van der Waals surface area contributed by atoms with Gasteiger partial charge in [0.15, 0.2) is 0 Å². The number of aromatic nitrogens is 1. The van der Waals surface area contributed by atoms with E-state index in [-0.39, 0.29) is 36.0 Å². The number of H-pyrrole nitrogens is 1. The monoisotopic (exact) mass is 849 g/mol. The van der Waals surface area contributed by atoms with Crippen LogP contribution in [0.5, 0.6) is 0 Å². The zero-order valence-electron chi connectivity index (χ0n) is 33.0. The van der Waals surface area contributed by atoms with E-state index in [9.17, 15) is 44.3 Å². The summed E-state index contributed by atoms with van der Waals surface area (Å²) < 4.78 is 118. The van der Waals surface area contributed by atoms with Crippen molar-refractivity contribution in [2.24, 2.45) is 0 Å². The first kappa shape index (κ1) is 43.5. The molecule has 5 aromatic carbocycles. The second-order valence-corrected chi connectivity index (χ2v) is 15.8. The molecule has 1 aromatic heterocycles. The molecule has 2 aliphatic carbocycles. The third-order valence-electron chi connectivity index (χ3n) is 11.0. The minimum atomic E-state index is -4.65. The molecule has 0 aliphatic heterocycles. The van der Waals surface area contributed by atoms with Crippen LogP contribution in [-0.2, 0) is 44.5 Å². The van der Waals surface area contributed by atoms with E-state index in [4.69, 9.17) is 0 Å². The van der Waals surface area contributed by atoms with E-state index in [0.717, 1.165) is 61.2 Å².